The first kappa shape index (κ1) is 10.9. The molecule has 0 aromatic heterocycles. The van der Waals surface area contributed by atoms with E-state index in [4.69, 9.17) is 14.7 Å². The van der Waals surface area contributed by atoms with E-state index in [1.807, 2.05) is 0 Å². The normalized spacial score (nSPS) is 37.4. The lowest BCUT2D eigenvalue weighted by atomic mass is 9.76. The molecule has 2 fully saturated rings. The molecule has 4 heteroatoms. The van der Waals surface area contributed by atoms with Crippen LogP contribution in [0.4, 0.5) is 0 Å². The molecule has 0 saturated heterocycles. The fraction of sp³-hybridized carbons (Fsp3) is 0.909. The number of nitrogens with zero attached hydrogens (tertiary/aromatic N) is 1. The molecule has 1 N–H and O–H groups in total. The van der Waals surface area contributed by atoms with Crippen molar-refractivity contribution in [3.8, 4) is 0 Å². The Morgan fingerprint density at radius 2 is 2.47 bits per heavy atom. The number of hydrogen-bond donors (Lipinski definition) is 1. The molecule has 86 valence electrons. The van der Waals surface area contributed by atoms with Gasteiger partial charge in [0.15, 0.2) is 0 Å². The fourth-order valence-electron chi connectivity index (χ4n) is 3.06. The van der Waals surface area contributed by atoms with Gasteiger partial charge in [-0.2, -0.15) is 0 Å². The smallest absolute Gasteiger partial charge is 0.146 e. The summed E-state index contributed by atoms with van der Waals surface area (Å²) in [6.07, 6.45) is 5.60. The summed E-state index contributed by atoms with van der Waals surface area (Å²) in [4.78, 5) is 0. The monoisotopic (exact) mass is 213 g/mol. The molecule has 0 aliphatic heterocycles. The number of oxime groups is 1. The Kier molecular flexibility index (Phi) is 3.26. The maximum Gasteiger partial charge on any atom is 0.146 e. The first-order chi connectivity index (χ1) is 7.29. The van der Waals surface area contributed by atoms with Crippen LogP contribution >= 0.6 is 0 Å². The van der Waals surface area contributed by atoms with Crippen LogP contribution in [0.25, 0.3) is 0 Å². The maximum absolute atomic E-state index is 8.92. The quantitative estimate of drug-likeness (QED) is 0.336. The van der Waals surface area contributed by atoms with Gasteiger partial charge in [0.05, 0.1) is 12.3 Å². The second kappa shape index (κ2) is 4.49. The van der Waals surface area contributed by atoms with Gasteiger partial charge in [-0.25, -0.2) is 0 Å². The van der Waals surface area contributed by atoms with Gasteiger partial charge in [0.2, 0.25) is 0 Å². The van der Waals surface area contributed by atoms with E-state index in [9.17, 15) is 0 Å². The summed E-state index contributed by atoms with van der Waals surface area (Å²) >= 11 is 0. The Bertz CT molecular complexity index is 254. The lowest BCUT2D eigenvalue weighted by Gasteiger charge is -2.31. The molecule has 2 saturated carbocycles. The second-order valence-electron chi connectivity index (χ2n) is 4.82. The van der Waals surface area contributed by atoms with Crippen LogP contribution < -0.4 is 0 Å². The lowest BCUT2D eigenvalue weighted by molar-refractivity contribution is -0.0690. The predicted molar refractivity (Wildman–Crippen MR) is 56.1 cm³/mol. The summed E-state index contributed by atoms with van der Waals surface area (Å²) in [5.41, 5.74) is 1.21. The number of hydrogen-bond acceptors (Lipinski definition) is 4. The molecule has 0 heterocycles. The third-order valence-corrected chi connectivity index (χ3v) is 3.70. The molecule has 2 bridgehead atoms. The zero-order valence-corrected chi connectivity index (χ0v) is 9.24. The van der Waals surface area contributed by atoms with E-state index in [1.54, 1.807) is 7.11 Å². The molecule has 0 unspecified atom stereocenters. The van der Waals surface area contributed by atoms with Gasteiger partial charge in [-0.05, 0) is 31.1 Å². The minimum Gasteiger partial charge on any atom is -0.411 e. The number of ether oxygens (including phenoxy) is 2. The average molecular weight is 213 g/mol. The van der Waals surface area contributed by atoms with E-state index >= 15 is 0 Å². The van der Waals surface area contributed by atoms with Crippen LogP contribution in [0.1, 0.15) is 32.1 Å². The Labute approximate surface area is 90.2 Å². The van der Waals surface area contributed by atoms with Gasteiger partial charge in [0.25, 0.3) is 0 Å². The summed E-state index contributed by atoms with van der Waals surface area (Å²) in [5, 5.41) is 12.4. The van der Waals surface area contributed by atoms with Crippen LogP contribution in [0.2, 0.25) is 0 Å². The summed E-state index contributed by atoms with van der Waals surface area (Å²) in [6, 6.07) is 0. The van der Waals surface area contributed by atoms with Crippen molar-refractivity contribution in [1.82, 2.24) is 0 Å². The first-order valence-corrected chi connectivity index (χ1v) is 5.57. The highest BCUT2D eigenvalue weighted by Crippen LogP contribution is 2.50. The van der Waals surface area contributed by atoms with Crippen LogP contribution in [0.15, 0.2) is 5.16 Å². The highest BCUT2D eigenvalue weighted by atomic mass is 16.7. The minimum atomic E-state index is 0.225. The SMILES string of the molecule is COCOC[C@@]12CCC[C@@H](C1)/C(=N/O)C2. The molecule has 2 atom stereocenters. The fourth-order valence-corrected chi connectivity index (χ4v) is 3.06. The van der Waals surface area contributed by atoms with Crippen molar-refractivity contribution in [3.05, 3.63) is 0 Å². The predicted octanol–water partition coefficient (Wildman–Crippen LogP) is 2.02. The Hall–Kier alpha value is -0.610. The average Bonchev–Trinajstić information content (AvgIpc) is 2.51. The van der Waals surface area contributed by atoms with E-state index in [-0.39, 0.29) is 5.41 Å². The van der Waals surface area contributed by atoms with E-state index in [1.165, 1.54) is 19.3 Å². The van der Waals surface area contributed by atoms with Gasteiger partial charge >= 0.3 is 0 Å². The molecule has 0 amide bonds. The molecule has 4 nitrogen and oxygen atoms in total. The highest BCUT2D eigenvalue weighted by molar-refractivity contribution is 5.89. The van der Waals surface area contributed by atoms with Crippen molar-refractivity contribution in [3.63, 3.8) is 0 Å². The van der Waals surface area contributed by atoms with Crippen LogP contribution in [0.3, 0.4) is 0 Å². The number of fused-ring (bicyclic) bond motifs is 2. The summed E-state index contributed by atoms with van der Waals surface area (Å²) in [7, 11) is 1.64. The van der Waals surface area contributed by atoms with Crippen LogP contribution in [0.5, 0.6) is 0 Å². The largest absolute Gasteiger partial charge is 0.411 e. The van der Waals surface area contributed by atoms with Crippen molar-refractivity contribution in [1.29, 1.82) is 0 Å². The number of methoxy groups -OCH3 is 1. The molecule has 15 heavy (non-hydrogen) atoms. The highest BCUT2D eigenvalue weighted by Gasteiger charge is 2.46. The molecule has 0 aromatic rings. The lowest BCUT2D eigenvalue weighted by Crippen LogP contribution is -2.27. The van der Waals surface area contributed by atoms with Crippen LogP contribution in [-0.4, -0.2) is 31.4 Å². The van der Waals surface area contributed by atoms with Crippen molar-refractivity contribution < 1.29 is 14.7 Å². The Balaban J connectivity index is 1.96. The van der Waals surface area contributed by atoms with Gasteiger partial charge < -0.3 is 14.7 Å². The third-order valence-electron chi connectivity index (χ3n) is 3.70. The summed E-state index contributed by atoms with van der Waals surface area (Å²) < 4.78 is 10.4. The molecule has 2 rings (SSSR count). The third kappa shape index (κ3) is 2.16. The Morgan fingerprint density at radius 1 is 1.60 bits per heavy atom. The molecule has 2 aliphatic carbocycles. The van der Waals surface area contributed by atoms with Gasteiger partial charge in [-0.15, -0.1) is 0 Å². The molecule has 0 aromatic carbocycles. The van der Waals surface area contributed by atoms with Crippen LogP contribution in [-0.2, 0) is 9.47 Å². The standard InChI is InChI=1S/C11H19NO3/c1-14-8-15-7-11-4-2-3-9(5-11)10(6-11)12-13/h9,13H,2-8H2,1H3/b12-10+/t9-,11-/m0/s1. The Morgan fingerprint density at radius 3 is 3.20 bits per heavy atom. The zero-order valence-electron chi connectivity index (χ0n) is 9.24. The van der Waals surface area contributed by atoms with E-state index < -0.39 is 0 Å². The van der Waals surface area contributed by atoms with Gasteiger partial charge in [-0.1, -0.05) is 11.6 Å². The molecule has 2 aliphatic rings. The van der Waals surface area contributed by atoms with Crippen molar-refractivity contribution in [2.75, 3.05) is 20.5 Å². The van der Waals surface area contributed by atoms with E-state index in [0.29, 0.717) is 12.7 Å². The second-order valence-corrected chi connectivity index (χ2v) is 4.82. The minimum absolute atomic E-state index is 0.225. The first-order valence-electron chi connectivity index (χ1n) is 5.57. The topological polar surface area (TPSA) is 51.0 Å². The maximum atomic E-state index is 8.92. The zero-order chi connectivity index (χ0) is 10.7. The van der Waals surface area contributed by atoms with E-state index in [2.05, 4.69) is 5.16 Å². The summed E-state index contributed by atoms with van der Waals surface area (Å²) in [5.74, 6) is 0.495. The van der Waals surface area contributed by atoms with Crippen LogP contribution in [0, 0.1) is 11.3 Å². The van der Waals surface area contributed by atoms with Gasteiger partial charge in [0, 0.05) is 13.0 Å². The van der Waals surface area contributed by atoms with E-state index in [0.717, 1.165) is 25.2 Å². The number of rotatable bonds is 4. The molecular formula is C11H19NO3. The van der Waals surface area contributed by atoms with Crippen molar-refractivity contribution in [2.45, 2.75) is 32.1 Å². The van der Waals surface area contributed by atoms with Gasteiger partial charge in [-0.3, -0.25) is 0 Å². The van der Waals surface area contributed by atoms with Crippen molar-refractivity contribution in [2.24, 2.45) is 16.5 Å². The molecular weight excluding hydrogens is 194 g/mol. The molecule has 0 radical (unpaired) electrons. The van der Waals surface area contributed by atoms with Gasteiger partial charge in [0.1, 0.15) is 6.79 Å². The molecule has 0 spiro atoms. The summed E-state index contributed by atoms with van der Waals surface area (Å²) in [6.45, 7) is 1.09. The van der Waals surface area contributed by atoms with Crippen molar-refractivity contribution >= 4 is 5.71 Å².